The van der Waals surface area contributed by atoms with Gasteiger partial charge >= 0.3 is 0 Å². The highest BCUT2D eigenvalue weighted by molar-refractivity contribution is 7.99. The summed E-state index contributed by atoms with van der Waals surface area (Å²) in [5, 5.41) is 9.58. The van der Waals surface area contributed by atoms with Crippen molar-refractivity contribution in [2.24, 2.45) is 0 Å². The maximum atomic E-state index is 12.8. The van der Waals surface area contributed by atoms with Crippen LogP contribution in [0.2, 0.25) is 0 Å². The molecule has 1 amide bonds. The van der Waals surface area contributed by atoms with Crippen molar-refractivity contribution in [3.05, 3.63) is 54.0 Å². The first-order chi connectivity index (χ1) is 15.5. The fraction of sp³-hybridized carbons (Fsp3) is 0.435. The zero-order chi connectivity index (χ0) is 22.5. The predicted molar refractivity (Wildman–Crippen MR) is 127 cm³/mol. The second-order valence-electron chi connectivity index (χ2n) is 8.24. The molecule has 170 valence electrons. The van der Waals surface area contributed by atoms with E-state index in [2.05, 4.69) is 48.8 Å². The maximum Gasteiger partial charge on any atom is 0.233 e. The quantitative estimate of drug-likeness (QED) is 0.459. The molecule has 0 spiro atoms. The summed E-state index contributed by atoms with van der Waals surface area (Å²) < 4.78 is 7.61. The number of furan rings is 1. The zero-order valence-corrected chi connectivity index (χ0v) is 19.7. The molecule has 9 heteroatoms. The van der Waals surface area contributed by atoms with Crippen LogP contribution in [0.3, 0.4) is 0 Å². The number of carbonyl (C=O) groups excluding carboxylic acids is 1. The van der Waals surface area contributed by atoms with E-state index in [0.717, 1.165) is 54.0 Å². The van der Waals surface area contributed by atoms with E-state index in [4.69, 9.17) is 4.42 Å². The van der Waals surface area contributed by atoms with Crippen molar-refractivity contribution in [3.8, 4) is 0 Å². The smallest absolute Gasteiger partial charge is 0.233 e. The average molecular weight is 455 g/mol. The molecule has 1 aliphatic heterocycles. The Morgan fingerprint density at radius 3 is 2.50 bits per heavy atom. The van der Waals surface area contributed by atoms with Gasteiger partial charge in [-0.05, 0) is 42.7 Å². The maximum absolute atomic E-state index is 12.8. The van der Waals surface area contributed by atoms with Gasteiger partial charge in [-0.1, -0.05) is 23.9 Å². The van der Waals surface area contributed by atoms with E-state index in [1.807, 2.05) is 33.3 Å². The standard InChI is InChI=1S/C23H30N6O2S/c1-26(2)19-10-8-18(9-11-19)15-27(3)21(30)17-32-23-25-24-22(28-12-4-5-13-28)29(23)16-20-7-6-14-31-20/h6-11,14H,4-5,12-13,15-17H2,1-3H3. The summed E-state index contributed by atoms with van der Waals surface area (Å²) in [4.78, 5) is 18.9. The van der Waals surface area contributed by atoms with Gasteiger partial charge in [0, 0.05) is 46.5 Å². The molecular formula is C23H30N6O2S. The Kier molecular flexibility index (Phi) is 7.04. The molecule has 1 aromatic carbocycles. The number of aromatic nitrogens is 3. The highest BCUT2D eigenvalue weighted by Gasteiger charge is 2.23. The van der Waals surface area contributed by atoms with Gasteiger partial charge in [-0.15, -0.1) is 10.2 Å². The number of carbonyl (C=O) groups is 1. The van der Waals surface area contributed by atoms with Crippen LogP contribution in [-0.4, -0.2) is 65.6 Å². The van der Waals surface area contributed by atoms with E-state index < -0.39 is 0 Å². The second kappa shape index (κ2) is 10.1. The van der Waals surface area contributed by atoms with Crippen LogP contribution in [0, 0.1) is 0 Å². The lowest BCUT2D eigenvalue weighted by Crippen LogP contribution is -2.28. The molecule has 0 unspecified atom stereocenters. The Morgan fingerprint density at radius 2 is 1.84 bits per heavy atom. The summed E-state index contributed by atoms with van der Waals surface area (Å²) in [6, 6.07) is 12.1. The lowest BCUT2D eigenvalue weighted by molar-refractivity contribution is -0.127. The minimum Gasteiger partial charge on any atom is -0.467 e. The molecule has 32 heavy (non-hydrogen) atoms. The van der Waals surface area contributed by atoms with E-state index >= 15 is 0 Å². The minimum absolute atomic E-state index is 0.0574. The third kappa shape index (κ3) is 5.27. The number of nitrogens with zero attached hydrogens (tertiary/aromatic N) is 6. The van der Waals surface area contributed by atoms with Gasteiger partial charge in [-0.25, -0.2) is 0 Å². The summed E-state index contributed by atoms with van der Waals surface area (Å²) in [5.41, 5.74) is 2.25. The fourth-order valence-electron chi connectivity index (χ4n) is 3.73. The lowest BCUT2D eigenvalue weighted by Gasteiger charge is -2.19. The van der Waals surface area contributed by atoms with Crippen molar-refractivity contribution in [3.63, 3.8) is 0 Å². The van der Waals surface area contributed by atoms with Crippen molar-refractivity contribution in [2.75, 3.05) is 49.8 Å². The van der Waals surface area contributed by atoms with Crippen LogP contribution in [0.15, 0.2) is 52.2 Å². The zero-order valence-electron chi connectivity index (χ0n) is 18.9. The summed E-state index contributed by atoms with van der Waals surface area (Å²) in [7, 11) is 5.87. The number of hydrogen-bond acceptors (Lipinski definition) is 7. The molecule has 1 saturated heterocycles. The lowest BCUT2D eigenvalue weighted by atomic mass is 10.2. The van der Waals surface area contributed by atoms with E-state index in [0.29, 0.717) is 18.8 Å². The third-order valence-electron chi connectivity index (χ3n) is 5.60. The van der Waals surface area contributed by atoms with Crippen molar-refractivity contribution >= 4 is 29.3 Å². The van der Waals surface area contributed by atoms with Gasteiger partial charge in [0.2, 0.25) is 11.9 Å². The van der Waals surface area contributed by atoms with Gasteiger partial charge in [0.05, 0.1) is 18.6 Å². The van der Waals surface area contributed by atoms with Crippen LogP contribution in [0.5, 0.6) is 0 Å². The SMILES string of the molecule is CN(Cc1ccc(N(C)C)cc1)C(=O)CSc1nnc(N2CCCC2)n1Cc1ccco1. The first-order valence-electron chi connectivity index (χ1n) is 10.8. The highest BCUT2D eigenvalue weighted by Crippen LogP contribution is 2.26. The summed E-state index contributed by atoms with van der Waals surface area (Å²) in [6.45, 7) is 3.09. The van der Waals surface area contributed by atoms with Crippen molar-refractivity contribution in [2.45, 2.75) is 31.1 Å². The Morgan fingerprint density at radius 1 is 1.09 bits per heavy atom. The average Bonchev–Trinajstić information content (AvgIpc) is 3.55. The van der Waals surface area contributed by atoms with Gasteiger partial charge in [0.1, 0.15) is 5.76 Å². The Bertz CT molecular complexity index is 1010. The number of benzene rings is 1. The molecule has 3 aromatic rings. The van der Waals surface area contributed by atoms with Crippen LogP contribution in [0.25, 0.3) is 0 Å². The molecule has 3 heterocycles. The summed E-state index contributed by atoms with van der Waals surface area (Å²) >= 11 is 1.43. The van der Waals surface area contributed by atoms with Crippen LogP contribution in [0.1, 0.15) is 24.2 Å². The minimum atomic E-state index is 0.0574. The van der Waals surface area contributed by atoms with E-state index in [1.54, 1.807) is 11.2 Å². The number of amides is 1. The third-order valence-corrected chi connectivity index (χ3v) is 6.55. The van der Waals surface area contributed by atoms with Crippen LogP contribution >= 0.6 is 11.8 Å². The number of hydrogen-bond donors (Lipinski definition) is 0. The highest BCUT2D eigenvalue weighted by atomic mass is 32.2. The molecule has 0 radical (unpaired) electrons. The van der Waals surface area contributed by atoms with Gasteiger partial charge in [0.25, 0.3) is 0 Å². The largest absolute Gasteiger partial charge is 0.467 e. The molecular weight excluding hydrogens is 424 g/mol. The topological polar surface area (TPSA) is 70.6 Å². The first kappa shape index (κ1) is 22.3. The first-order valence-corrected chi connectivity index (χ1v) is 11.8. The monoisotopic (exact) mass is 454 g/mol. The van der Waals surface area contributed by atoms with E-state index in [9.17, 15) is 4.79 Å². The molecule has 0 atom stereocenters. The number of anilines is 2. The van der Waals surface area contributed by atoms with E-state index in [1.165, 1.54) is 11.8 Å². The molecule has 4 rings (SSSR count). The molecule has 0 saturated carbocycles. The van der Waals surface area contributed by atoms with Gasteiger partial charge in [-0.3, -0.25) is 9.36 Å². The van der Waals surface area contributed by atoms with Crippen molar-refractivity contribution in [1.29, 1.82) is 0 Å². The van der Waals surface area contributed by atoms with Gasteiger partial charge in [-0.2, -0.15) is 0 Å². The number of rotatable bonds is 9. The Balaban J connectivity index is 1.40. The van der Waals surface area contributed by atoms with Crippen molar-refractivity contribution < 1.29 is 9.21 Å². The van der Waals surface area contributed by atoms with Crippen LogP contribution < -0.4 is 9.80 Å². The van der Waals surface area contributed by atoms with Crippen molar-refractivity contribution in [1.82, 2.24) is 19.7 Å². The molecule has 2 aromatic heterocycles. The predicted octanol–water partition coefficient (Wildman–Crippen LogP) is 3.34. The summed E-state index contributed by atoms with van der Waals surface area (Å²) in [6.07, 6.45) is 4.00. The molecule has 0 aliphatic carbocycles. The molecule has 1 fully saturated rings. The normalized spacial score (nSPS) is 13.5. The second-order valence-corrected chi connectivity index (χ2v) is 9.18. The fourth-order valence-corrected chi connectivity index (χ4v) is 4.61. The molecule has 0 bridgehead atoms. The Hall–Kier alpha value is -2.94. The molecule has 1 aliphatic rings. The molecule has 8 nitrogen and oxygen atoms in total. The van der Waals surface area contributed by atoms with E-state index in [-0.39, 0.29) is 5.91 Å². The summed E-state index contributed by atoms with van der Waals surface area (Å²) in [5.74, 6) is 2.06. The van der Waals surface area contributed by atoms with Gasteiger partial charge < -0.3 is 19.1 Å². The van der Waals surface area contributed by atoms with Gasteiger partial charge in [0.15, 0.2) is 5.16 Å². The van der Waals surface area contributed by atoms with Crippen LogP contribution in [0.4, 0.5) is 11.6 Å². The Labute approximate surface area is 193 Å². The van der Waals surface area contributed by atoms with Crippen LogP contribution in [-0.2, 0) is 17.9 Å². The number of thioether (sulfide) groups is 1. The molecule has 0 N–H and O–H groups in total.